The fourth-order valence-electron chi connectivity index (χ4n) is 3.51. The lowest BCUT2D eigenvalue weighted by molar-refractivity contribution is -0.127. The van der Waals surface area contributed by atoms with Crippen molar-refractivity contribution < 1.29 is 23.9 Å². The number of benzene rings is 3. The molecule has 0 saturated carbocycles. The summed E-state index contributed by atoms with van der Waals surface area (Å²) in [4.78, 5) is 50.9. The van der Waals surface area contributed by atoms with Crippen LogP contribution < -0.4 is 15.4 Å². The quantitative estimate of drug-likeness (QED) is 0.322. The van der Waals surface area contributed by atoms with E-state index >= 15 is 0 Å². The van der Waals surface area contributed by atoms with E-state index in [0.717, 1.165) is 27.8 Å². The van der Waals surface area contributed by atoms with Gasteiger partial charge in [0, 0.05) is 10.2 Å². The number of imide groups is 1. The molecule has 0 atom stereocenters. The van der Waals surface area contributed by atoms with E-state index in [0.29, 0.717) is 27.2 Å². The average molecular weight is 594 g/mol. The van der Waals surface area contributed by atoms with Crippen molar-refractivity contribution in [2.24, 2.45) is 0 Å². The molecule has 1 saturated heterocycles. The number of nitrogens with one attached hydrogen (secondary N) is 2. The van der Waals surface area contributed by atoms with Gasteiger partial charge in [0.25, 0.3) is 17.1 Å². The number of hydrogen-bond donors (Lipinski definition) is 2. The standard InChI is InChI=1S/C28H24BrN3O5S/c1-17-7-10-20(13-18(17)2)30-26(34)16-37-21-11-8-19(9-12-21)14-24-27(35)32(28(36)38-24)15-25(33)31-23-6-4-3-5-22(23)29/h3-14H,15-16H2,1-2H3,(H,30,34)(H,31,33)/b24-14-. The summed E-state index contributed by atoms with van der Waals surface area (Å²) < 4.78 is 6.25. The maximum absolute atomic E-state index is 12.8. The highest BCUT2D eigenvalue weighted by atomic mass is 79.9. The van der Waals surface area contributed by atoms with Crippen LogP contribution in [0, 0.1) is 13.8 Å². The molecule has 10 heteroatoms. The fourth-order valence-corrected chi connectivity index (χ4v) is 4.73. The van der Waals surface area contributed by atoms with Crippen molar-refractivity contribution in [2.45, 2.75) is 13.8 Å². The van der Waals surface area contributed by atoms with Crippen LogP contribution in [0.15, 0.2) is 76.1 Å². The molecule has 4 amide bonds. The number of nitrogens with zero attached hydrogens (tertiary/aromatic N) is 1. The Morgan fingerprint density at radius 3 is 2.39 bits per heavy atom. The summed E-state index contributed by atoms with van der Waals surface area (Å²) in [5.41, 5.74) is 4.15. The maximum Gasteiger partial charge on any atom is 0.294 e. The number of anilines is 2. The summed E-state index contributed by atoms with van der Waals surface area (Å²) in [5, 5.41) is 4.97. The monoisotopic (exact) mass is 593 g/mol. The SMILES string of the molecule is Cc1ccc(NC(=O)COc2ccc(/C=C3\SC(=O)N(CC(=O)Nc4ccccc4Br)C3=O)cc2)cc1C. The van der Waals surface area contributed by atoms with Crippen LogP contribution in [0.1, 0.15) is 16.7 Å². The molecule has 0 radical (unpaired) electrons. The molecule has 194 valence electrons. The first-order valence-corrected chi connectivity index (χ1v) is 13.2. The van der Waals surface area contributed by atoms with Gasteiger partial charge in [0.1, 0.15) is 12.3 Å². The lowest BCUT2D eigenvalue weighted by atomic mass is 10.1. The second-order valence-corrected chi connectivity index (χ2v) is 10.3. The van der Waals surface area contributed by atoms with Crippen LogP contribution in [0.5, 0.6) is 5.75 Å². The van der Waals surface area contributed by atoms with Crippen LogP contribution in [-0.4, -0.2) is 41.0 Å². The van der Waals surface area contributed by atoms with E-state index < -0.39 is 17.1 Å². The predicted octanol–water partition coefficient (Wildman–Crippen LogP) is 5.76. The second kappa shape index (κ2) is 12.1. The molecule has 1 heterocycles. The van der Waals surface area contributed by atoms with Crippen molar-refractivity contribution in [1.82, 2.24) is 4.90 Å². The number of carbonyl (C=O) groups is 4. The Morgan fingerprint density at radius 1 is 0.947 bits per heavy atom. The number of hydrogen-bond acceptors (Lipinski definition) is 6. The molecule has 4 rings (SSSR count). The van der Waals surface area contributed by atoms with E-state index in [-0.39, 0.29) is 24.0 Å². The minimum absolute atomic E-state index is 0.160. The number of aryl methyl sites for hydroxylation is 2. The van der Waals surface area contributed by atoms with Crippen LogP contribution in [0.2, 0.25) is 0 Å². The molecule has 3 aromatic carbocycles. The molecule has 1 aliphatic rings. The number of ether oxygens (including phenoxy) is 1. The van der Waals surface area contributed by atoms with Gasteiger partial charge >= 0.3 is 0 Å². The van der Waals surface area contributed by atoms with Crippen molar-refractivity contribution >= 4 is 68.1 Å². The summed E-state index contributed by atoms with van der Waals surface area (Å²) in [7, 11) is 0. The molecular weight excluding hydrogens is 570 g/mol. The van der Waals surface area contributed by atoms with Crippen LogP contribution >= 0.6 is 27.7 Å². The van der Waals surface area contributed by atoms with E-state index in [2.05, 4.69) is 26.6 Å². The molecule has 8 nitrogen and oxygen atoms in total. The van der Waals surface area contributed by atoms with E-state index in [1.807, 2.05) is 38.1 Å². The third-order valence-corrected chi connectivity index (χ3v) is 7.26. The first-order chi connectivity index (χ1) is 18.2. The number of para-hydroxylation sites is 1. The Morgan fingerprint density at radius 2 is 1.68 bits per heavy atom. The smallest absolute Gasteiger partial charge is 0.294 e. The Balaban J connectivity index is 1.31. The first kappa shape index (κ1) is 27.2. The number of carbonyl (C=O) groups excluding carboxylic acids is 4. The largest absolute Gasteiger partial charge is 0.484 e. The van der Waals surface area contributed by atoms with Gasteiger partial charge in [-0.1, -0.05) is 30.3 Å². The normalized spacial score (nSPS) is 14.1. The highest BCUT2D eigenvalue weighted by Gasteiger charge is 2.36. The molecule has 0 aromatic heterocycles. The number of rotatable bonds is 8. The molecule has 3 aromatic rings. The second-order valence-electron chi connectivity index (χ2n) is 8.50. The fraction of sp³-hybridized carbons (Fsp3) is 0.143. The van der Waals surface area contributed by atoms with Gasteiger partial charge in [0.2, 0.25) is 5.91 Å². The van der Waals surface area contributed by atoms with Gasteiger partial charge in [-0.2, -0.15) is 0 Å². The average Bonchev–Trinajstić information content (AvgIpc) is 3.14. The van der Waals surface area contributed by atoms with E-state index in [1.165, 1.54) is 0 Å². The summed E-state index contributed by atoms with van der Waals surface area (Å²) in [6.45, 7) is 3.43. The van der Waals surface area contributed by atoms with Crippen LogP contribution in [-0.2, 0) is 14.4 Å². The van der Waals surface area contributed by atoms with E-state index in [1.54, 1.807) is 48.5 Å². The topological polar surface area (TPSA) is 105 Å². The summed E-state index contributed by atoms with van der Waals surface area (Å²) in [5.74, 6) is -0.821. The molecule has 1 aliphatic heterocycles. The van der Waals surface area contributed by atoms with Gasteiger partial charge < -0.3 is 15.4 Å². The zero-order valence-electron chi connectivity index (χ0n) is 20.6. The lowest BCUT2D eigenvalue weighted by Gasteiger charge is -2.13. The van der Waals surface area contributed by atoms with Gasteiger partial charge in [-0.15, -0.1) is 0 Å². The summed E-state index contributed by atoms with van der Waals surface area (Å²) >= 11 is 4.12. The van der Waals surface area contributed by atoms with Gasteiger partial charge in [-0.25, -0.2) is 0 Å². The summed E-state index contributed by atoms with van der Waals surface area (Å²) in [6, 6.07) is 19.5. The molecule has 0 spiro atoms. The predicted molar refractivity (Wildman–Crippen MR) is 152 cm³/mol. The van der Waals surface area contributed by atoms with Crippen LogP contribution in [0.25, 0.3) is 6.08 Å². The third-order valence-electron chi connectivity index (χ3n) is 5.66. The molecular formula is C28H24BrN3O5S. The Hall–Kier alpha value is -3.89. The van der Waals surface area contributed by atoms with Crippen LogP contribution in [0.4, 0.5) is 16.2 Å². The highest BCUT2D eigenvalue weighted by Crippen LogP contribution is 2.32. The Labute approximate surface area is 232 Å². The van der Waals surface area contributed by atoms with Crippen LogP contribution in [0.3, 0.4) is 0 Å². The van der Waals surface area contributed by atoms with E-state index in [9.17, 15) is 19.2 Å². The van der Waals surface area contributed by atoms with E-state index in [4.69, 9.17) is 4.74 Å². The van der Waals surface area contributed by atoms with Crippen molar-refractivity contribution in [3.8, 4) is 5.75 Å². The molecule has 0 aliphatic carbocycles. The first-order valence-electron chi connectivity index (χ1n) is 11.6. The van der Waals surface area contributed by atoms with Gasteiger partial charge in [0.05, 0.1) is 10.6 Å². The zero-order valence-corrected chi connectivity index (χ0v) is 23.0. The van der Waals surface area contributed by atoms with Gasteiger partial charge in [-0.3, -0.25) is 24.1 Å². The molecule has 1 fully saturated rings. The lowest BCUT2D eigenvalue weighted by Crippen LogP contribution is -2.36. The third kappa shape index (κ3) is 6.90. The highest BCUT2D eigenvalue weighted by molar-refractivity contribution is 9.10. The number of amides is 4. The van der Waals surface area contributed by atoms with Crippen molar-refractivity contribution in [3.05, 3.63) is 92.8 Å². The Kier molecular flexibility index (Phi) is 8.65. The van der Waals surface area contributed by atoms with Gasteiger partial charge in [-0.05, 0) is 101 Å². The number of thioether (sulfide) groups is 1. The Bertz CT molecular complexity index is 1440. The molecule has 38 heavy (non-hydrogen) atoms. The van der Waals surface area contributed by atoms with Gasteiger partial charge in [0.15, 0.2) is 6.61 Å². The van der Waals surface area contributed by atoms with Crippen molar-refractivity contribution in [3.63, 3.8) is 0 Å². The minimum atomic E-state index is -0.536. The minimum Gasteiger partial charge on any atom is -0.484 e. The summed E-state index contributed by atoms with van der Waals surface area (Å²) in [6.07, 6.45) is 1.58. The molecule has 0 bridgehead atoms. The molecule has 2 N–H and O–H groups in total. The maximum atomic E-state index is 12.8. The molecule has 0 unspecified atom stereocenters. The van der Waals surface area contributed by atoms with Crippen molar-refractivity contribution in [1.29, 1.82) is 0 Å². The zero-order chi connectivity index (χ0) is 27.2. The van der Waals surface area contributed by atoms with Crippen molar-refractivity contribution in [2.75, 3.05) is 23.8 Å². The number of halogens is 1.